The molecule has 1 aliphatic heterocycles. The number of hydrogen-bond donors (Lipinski definition) is 0. The summed E-state index contributed by atoms with van der Waals surface area (Å²) in [7, 11) is 2.14. The molecule has 1 saturated heterocycles. The maximum atomic E-state index is 5.98. The summed E-state index contributed by atoms with van der Waals surface area (Å²) < 4.78 is 11.9. The monoisotopic (exact) mass is 328 g/mol. The third-order valence-electron chi connectivity index (χ3n) is 4.82. The third-order valence-corrected chi connectivity index (χ3v) is 4.82. The molecular formula is C20H28N2O2. The minimum atomic E-state index is 0.534. The molecule has 0 amide bonds. The number of hydrogen-bond acceptors (Lipinski definition) is 4. The number of nitrogens with zero attached hydrogens (tertiary/aromatic N) is 2. The smallest absolute Gasteiger partial charge is 0.138 e. The molecule has 2 aromatic rings. The first-order chi connectivity index (χ1) is 11.8. The molecular weight excluding hydrogens is 300 g/mol. The predicted octanol–water partition coefficient (Wildman–Crippen LogP) is 4.55. The van der Waals surface area contributed by atoms with Gasteiger partial charge in [0.2, 0.25) is 0 Å². The highest BCUT2D eigenvalue weighted by Gasteiger charge is 2.24. The Balaban J connectivity index is 1.56. The van der Waals surface area contributed by atoms with E-state index in [0.29, 0.717) is 6.04 Å². The molecule has 0 bridgehead atoms. The summed E-state index contributed by atoms with van der Waals surface area (Å²) in [5.74, 6) is 2.75. The van der Waals surface area contributed by atoms with Gasteiger partial charge in [-0.2, -0.15) is 0 Å². The SMILES string of the molecule is CCCCCCc1ccc(-c2cncc(OC[C@@H]3CCN3C)c2)o1. The zero-order valence-corrected chi connectivity index (χ0v) is 14.8. The van der Waals surface area contributed by atoms with Crippen molar-refractivity contribution in [1.29, 1.82) is 0 Å². The van der Waals surface area contributed by atoms with E-state index in [1.54, 1.807) is 6.20 Å². The number of likely N-dealkylation sites (tertiary alicyclic amines) is 1. The lowest BCUT2D eigenvalue weighted by atomic mass is 10.1. The van der Waals surface area contributed by atoms with E-state index in [-0.39, 0.29) is 0 Å². The molecule has 3 heterocycles. The Kier molecular flexibility index (Phi) is 5.91. The van der Waals surface area contributed by atoms with E-state index < -0.39 is 0 Å². The van der Waals surface area contributed by atoms with E-state index in [9.17, 15) is 0 Å². The van der Waals surface area contributed by atoms with Gasteiger partial charge < -0.3 is 9.15 Å². The molecule has 1 aliphatic rings. The van der Waals surface area contributed by atoms with E-state index in [0.717, 1.165) is 35.9 Å². The molecule has 1 fully saturated rings. The van der Waals surface area contributed by atoms with Crippen LogP contribution in [0.15, 0.2) is 35.0 Å². The second-order valence-electron chi connectivity index (χ2n) is 6.72. The molecule has 0 aliphatic carbocycles. The van der Waals surface area contributed by atoms with Crippen LogP contribution >= 0.6 is 0 Å². The van der Waals surface area contributed by atoms with Gasteiger partial charge in [0, 0.05) is 24.2 Å². The van der Waals surface area contributed by atoms with Crippen LogP contribution in [0.3, 0.4) is 0 Å². The minimum Gasteiger partial charge on any atom is -0.490 e. The van der Waals surface area contributed by atoms with Crippen molar-refractivity contribution in [2.45, 2.75) is 51.5 Å². The number of aryl methyl sites for hydroxylation is 1. The number of aromatic nitrogens is 1. The number of likely N-dealkylation sites (N-methyl/N-ethyl adjacent to an activating group) is 1. The number of ether oxygens (including phenoxy) is 1. The summed E-state index contributed by atoms with van der Waals surface area (Å²) >= 11 is 0. The average molecular weight is 328 g/mol. The predicted molar refractivity (Wildman–Crippen MR) is 96.3 cm³/mol. The fraction of sp³-hybridized carbons (Fsp3) is 0.550. The van der Waals surface area contributed by atoms with Crippen LogP contribution in [0.2, 0.25) is 0 Å². The molecule has 2 aromatic heterocycles. The summed E-state index contributed by atoms with van der Waals surface area (Å²) in [5.41, 5.74) is 0.981. The van der Waals surface area contributed by atoms with Crippen LogP contribution in [0.25, 0.3) is 11.3 Å². The van der Waals surface area contributed by atoms with Crippen molar-refractivity contribution in [3.05, 3.63) is 36.4 Å². The Morgan fingerprint density at radius 2 is 2.17 bits per heavy atom. The van der Waals surface area contributed by atoms with Gasteiger partial charge in [-0.05, 0) is 44.6 Å². The van der Waals surface area contributed by atoms with Gasteiger partial charge in [0.25, 0.3) is 0 Å². The van der Waals surface area contributed by atoms with Crippen LogP contribution in [0.4, 0.5) is 0 Å². The van der Waals surface area contributed by atoms with Crippen molar-refractivity contribution in [3.63, 3.8) is 0 Å². The van der Waals surface area contributed by atoms with Gasteiger partial charge in [-0.1, -0.05) is 26.2 Å². The summed E-state index contributed by atoms with van der Waals surface area (Å²) in [4.78, 5) is 6.61. The standard InChI is InChI=1S/C20H28N2O2/c1-3-4-5-6-7-18-8-9-20(24-18)16-12-19(14-21-13-16)23-15-17-10-11-22(17)2/h8-9,12-14,17H,3-7,10-11,15H2,1-2H3/t17-/m0/s1. The second-order valence-corrected chi connectivity index (χ2v) is 6.72. The van der Waals surface area contributed by atoms with Crippen LogP contribution in [-0.2, 0) is 6.42 Å². The molecule has 4 heteroatoms. The van der Waals surface area contributed by atoms with E-state index in [1.165, 1.54) is 38.6 Å². The van der Waals surface area contributed by atoms with Crippen molar-refractivity contribution in [2.24, 2.45) is 0 Å². The second kappa shape index (κ2) is 8.34. The lowest BCUT2D eigenvalue weighted by Gasteiger charge is -2.37. The minimum absolute atomic E-state index is 0.534. The van der Waals surface area contributed by atoms with Crippen molar-refractivity contribution in [1.82, 2.24) is 9.88 Å². The quantitative estimate of drug-likeness (QED) is 0.633. The number of furan rings is 1. The fourth-order valence-electron chi connectivity index (χ4n) is 3.00. The third kappa shape index (κ3) is 4.38. The number of rotatable bonds is 9. The first kappa shape index (κ1) is 17.0. The summed E-state index contributed by atoms with van der Waals surface area (Å²) in [5, 5.41) is 0. The van der Waals surface area contributed by atoms with Crippen molar-refractivity contribution in [2.75, 3.05) is 20.2 Å². The van der Waals surface area contributed by atoms with Gasteiger partial charge in [-0.25, -0.2) is 0 Å². The molecule has 24 heavy (non-hydrogen) atoms. The Morgan fingerprint density at radius 3 is 2.92 bits per heavy atom. The van der Waals surface area contributed by atoms with E-state index in [1.807, 2.05) is 18.3 Å². The molecule has 3 rings (SSSR count). The molecule has 4 nitrogen and oxygen atoms in total. The van der Waals surface area contributed by atoms with Crippen LogP contribution in [-0.4, -0.2) is 36.1 Å². The van der Waals surface area contributed by atoms with Gasteiger partial charge in [-0.3, -0.25) is 9.88 Å². The van der Waals surface area contributed by atoms with Crippen LogP contribution in [0.1, 0.15) is 44.8 Å². The van der Waals surface area contributed by atoms with Gasteiger partial charge >= 0.3 is 0 Å². The Hall–Kier alpha value is -1.81. The van der Waals surface area contributed by atoms with Crippen molar-refractivity contribution >= 4 is 0 Å². The van der Waals surface area contributed by atoms with Crippen LogP contribution in [0.5, 0.6) is 5.75 Å². The zero-order chi connectivity index (χ0) is 16.8. The maximum Gasteiger partial charge on any atom is 0.138 e. The lowest BCUT2D eigenvalue weighted by Crippen LogP contribution is -2.48. The van der Waals surface area contributed by atoms with E-state index in [2.05, 4.69) is 29.9 Å². The van der Waals surface area contributed by atoms with E-state index >= 15 is 0 Å². The molecule has 1 atom stereocenters. The van der Waals surface area contributed by atoms with Gasteiger partial charge in [0.1, 0.15) is 23.9 Å². The summed E-state index contributed by atoms with van der Waals surface area (Å²) in [6, 6.07) is 6.67. The first-order valence-electron chi connectivity index (χ1n) is 9.13. The van der Waals surface area contributed by atoms with Gasteiger partial charge in [-0.15, -0.1) is 0 Å². The van der Waals surface area contributed by atoms with Gasteiger partial charge in [0.05, 0.1) is 6.20 Å². The number of pyridine rings is 1. The summed E-state index contributed by atoms with van der Waals surface area (Å²) in [6.45, 7) is 4.12. The lowest BCUT2D eigenvalue weighted by molar-refractivity contribution is 0.0767. The highest BCUT2D eigenvalue weighted by Crippen LogP contribution is 2.26. The Morgan fingerprint density at radius 1 is 1.25 bits per heavy atom. The van der Waals surface area contributed by atoms with E-state index in [4.69, 9.17) is 9.15 Å². The molecule has 0 radical (unpaired) electrons. The first-order valence-corrected chi connectivity index (χ1v) is 9.13. The average Bonchev–Trinajstić information content (AvgIpc) is 3.07. The molecule has 130 valence electrons. The molecule has 0 unspecified atom stereocenters. The maximum absolute atomic E-state index is 5.98. The largest absolute Gasteiger partial charge is 0.490 e. The highest BCUT2D eigenvalue weighted by molar-refractivity contribution is 5.58. The molecule has 0 aromatic carbocycles. The number of unbranched alkanes of at least 4 members (excludes halogenated alkanes) is 3. The summed E-state index contributed by atoms with van der Waals surface area (Å²) in [6.07, 6.45) is 10.9. The van der Waals surface area contributed by atoms with Crippen molar-refractivity contribution < 1.29 is 9.15 Å². The zero-order valence-electron chi connectivity index (χ0n) is 14.8. The Bertz CT molecular complexity index is 638. The molecule has 0 N–H and O–H groups in total. The van der Waals surface area contributed by atoms with Gasteiger partial charge in [0.15, 0.2) is 0 Å². The molecule has 0 spiro atoms. The van der Waals surface area contributed by atoms with Crippen LogP contribution in [0, 0.1) is 0 Å². The molecule has 0 saturated carbocycles. The fourth-order valence-corrected chi connectivity index (χ4v) is 3.00. The normalized spacial score (nSPS) is 17.7. The van der Waals surface area contributed by atoms with Crippen LogP contribution < -0.4 is 4.74 Å². The highest BCUT2D eigenvalue weighted by atomic mass is 16.5. The van der Waals surface area contributed by atoms with Crippen molar-refractivity contribution in [3.8, 4) is 17.1 Å². The topological polar surface area (TPSA) is 38.5 Å². The Labute approximate surface area is 144 Å².